The molecule has 6 heteroatoms. The Kier molecular flexibility index (Phi) is 5.57. The average Bonchev–Trinajstić information content (AvgIpc) is 3.49. The highest BCUT2D eigenvalue weighted by atomic mass is 16.7. The van der Waals surface area contributed by atoms with Crippen molar-refractivity contribution in [1.82, 2.24) is 14.9 Å². The highest BCUT2D eigenvalue weighted by Crippen LogP contribution is 2.38. The van der Waals surface area contributed by atoms with Crippen LogP contribution in [0.2, 0.25) is 0 Å². The average molecular weight is 440 g/mol. The van der Waals surface area contributed by atoms with E-state index in [-0.39, 0.29) is 18.7 Å². The van der Waals surface area contributed by atoms with Gasteiger partial charge in [-0.25, -0.2) is 4.98 Å². The number of carbonyl (C=O) groups is 1. The largest absolute Gasteiger partial charge is 0.454 e. The second-order valence-corrected chi connectivity index (χ2v) is 7.92. The fraction of sp³-hybridized carbons (Fsp3) is 0.185. The molecule has 1 aliphatic heterocycles. The van der Waals surface area contributed by atoms with Gasteiger partial charge in [0.05, 0.1) is 6.04 Å². The van der Waals surface area contributed by atoms with Crippen LogP contribution in [0.3, 0.4) is 0 Å². The molecular formula is C27H25N3O3. The molecule has 33 heavy (non-hydrogen) atoms. The van der Waals surface area contributed by atoms with Crippen molar-refractivity contribution in [2.45, 2.75) is 26.4 Å². The highest BCUT2D eigenvalue weighted by molar-refractivity contribution is 6.00. The topological polar surface area (TPSA) is 65.4 Å². The summed E-state index contributed by atoms with van der Waals surface area (Å²) < 4.78 is 13.0. The van der Waals surface area contributed by atoms with Crippen molar-refractivity contribution in [3.05, 3.63) is 90.1 Å². The third kappa shape index (κ3) is 3.96. The van der Waals surface area contributed by atoms with Crippen LogP contribution < -0.4 is 14.8 Å². The Morgan fingerprint density at radius 3 is 2.39 bits per heavy atom. The molecule has 3 aromatic carbocycles. The first-order valence-electron chi connectivity index (χ1n) is 11.1. The Labute approximate surface area is 192 Å². The zero-order valence-electron chi connectivity index (χ0n) is 18.6. The molecule has 166 valence electrons. The zero-order chi connectivity index (χ0) is 22.8. The van der Waals surface area contributed by atoms with Crippen molar-refractivity contribution < 1.29 is 14.3 Å². The summed E-state index contributed by atoms with van der Waals surface area (Å²) >= 11 is 0. The van der Waals surface area contributed by atoms with Crippen LogP contribution in [0.15, 0.2) is 78.9 Å². The Bertz CT molecular complexity index is 1280. The van der Waals surface area contributed by atoms with Gasteiger partial charge in [-0.3, -0.25) is 4.79 Å². The lowest BCUT2D eigenvalue weighted by atomic mass is 10.1. The van der Waals surface area contributed by atoms with Gasteiger partial charge < -0.3 is 19.4 Å². The van der Waals surface area contributed by atoms with Gasteiger partial charge in [0.2, 0.25) is 6.79 Å². The summed E-state index contributed by atoms with van der Waals surface area (Å²) in [6.45, 7) is 4.80. The molecule has 2 heterocycles. The van der Waals surface area contributed by atoms with E-state index >= 15 is 0 Å². The van der Waals surface area contributed by atoms with Crippen LogP contribution in [-0.4, -0.2) is 22.3 Å². The summed E-state index contributed by atoms with van der Waals surface area (Å²) in [6, 6.07) is 25.4. The zero-order valence-corrected chi connectivity index (χ0v) is 18.6. The maximum atomic E-state index is 13.7. The van der Waals surface area contributed by atoms with E-state index < -0.39 is 0 Å². The Morgan fingerprint density at radius 1 is 0.970 bits per heavy atom. The minimum atomic E-state index is -0.171. The Balaban J connectivity index is 1.61. The molecule has 4 aromatic rings. The molecule has 1 amide bonds. The van der Waals surface area contributed by atoms with Crippen LogP contribution in [0.1, 0.15) is 35.9 Å². The van der Waals surface area contributed by atoms with Crippen molar-refractivity contribution in [3.63, 3.8) is 0 Å². The number of rotatable bonds is 6. The summed E-state index contributed by atoms with van der Waals surface area (Å²) in [5.41, 5.74) is 3.95. The third-order valence-electron chi connectivity index (χ3n) is 5.82. The lowest BCUT2D eigenvalue weighted by molar-refractivity contribution is 0.0931. The molecule has 1 N–H and O–H groups in total. The first-order valence-corrected chi connectivity index (χ1v) is 11.1. The van der Waals surface area contributed by atoms with Gasteiger partial charge in [0.25, 0.3) is 5.91 Å². The van der Waals surface area contributed by atoms with Crippen molar-refractivity contribution in [2.24, 2.45) is 0 Å². The van der Waals surface area contributed by atoms with Gasteiger partial charge in [-0.05, 0) is 37.6 Å². The van der Waals surface area contributed by atoms with E-state index in [0.717, 1.165) is 22.5 Å². The molecule has 0 fully saturated rings. The van der Waals surface area contributed by atoms with E-state index in [1.165, 1.54) is 0 Å². The summed E-state index contributed by atoms with van der Waals surface area (Å²) in [6.07, 6.45) is 0. The number of amides is 1. The van der Waals surface area contributed by atoms with Gasteiger partial charge in [-0.2, -0.15) is 0 Å². The minimum absolute atomic E-state index is 0.149. The molecule has 1 aliphatic rings. The predicted octanol–water partition coefficient (Wildman–Crippen LogP) is 5.46. The monoisotopic (exact) mass is 439 g/mol. The van der Waals surface area contributed by atoms with Gasteiger partial charge in [0.1, 0.15) is 17.2 Å². The number of benzene rings is 3. The lowest BCUT2D eigenvalue weighted by Gasteiger charge is -2.16. The summed E-state index contributed by atoms with van der Waals surface area (Å²) in [4.78, 5) is 18.6. The fourth-order valence-electron chi connectivity index (χ4n) is 4.13. The standard InChI is InChI=1S/C27H25N3O3/c1-3-30-25(27(31)28-18(2)19-10-6-4-7-11-19)24(29-26(30)20-12-8-5-9-13-20)21-14-15-22-23(16-21)33-17-32-22/h4-16,18H,3,17H2,1-2H3,(H,28,31)/t18-/m0/s1. The molecule has 0 saturated heterocycles. The van der Waals surface area contributed by atoms with Crippen molar-refractivity contribution >= 4 is 5.91 Å². The van der Waals surface area contributed by atoms with Crippen LogP contribution >= 0.6 is 0 Å². The number of carbonyl (C=O) groups excluding carboxylic acids is 1. The minimum Gasteiger partial charge on any atom is -0.454 e. The van der Waals surface area contributed by atoms with E-state index in [4.69, 9.17) is 14.5 Å². The van der Waals surface area contributed by atoms with E-state index in [1.807, 2.05) is 97.3 Å². The second kappa shape index (κ2) is 8.82. The molecule has 0 aliphatic carbocycles. The molecular weight excluding hydrogens is 414 g/mol. The normalized spacial score (nSPS) is 13.0. The number of aromatic nitrogens is 2. The first kappa shape index (κ1) is 20.8. The Hall–Kier alpha value is -4.06. The molecule has 1 aromatic heterocycles. The van der Waals surface area contributed by atoms with Gasteiger partial charge in [0, 0.05) is 17.7 Å². The van der Waals surface area contributed by atoms with Gasteiger partial charge in [-0.1, -0.05) is 60.7 Å². The molecule has 0 spiro atoms. The summed E-state index contributed by atoms with van der Waals surface area (Å²) in [5.74, 6) is 1.93. The van der Waals surface area contributed by atoms with Crippen molar-refractivity contribution in [3.8, 4) is 34.1 Å². The van der Waals surface area contributed by atoms with Crippen LogP contribution in [0.4, 0.5) is 0 Å². The van der Waals surface area contributed by atoms with Gasteiger partial charge in [0.15, 0.2) is 11.5 Å². The molecule has 0 saturated carbocycles. The number of imidazole rings is 1. The number of ether oxygens (including phenoxy) is 2. The van der Waals surface area contributed by atoms with Gasteiger partial charge >= 0.3 is 0 Å². The number of hydrogen-bond acceptors (Lipinski definition) is 4. The van der Waals surface area contributed by atoms with Crippen LogP contribution in [0, 0.1) is 0 Å². The van der Waals surface area contributed by atoms with Crippen LogP contribution in [0.5, 0.6) is 11.5 Å². The number of hydrogen-bond donors (Lipinski definition) is 1. The molecule has 0 unspecified atom stereocenters. The van der Waals surface area contributed by atoms with E-state index in [2.05, 4.69) is 5.32 Å². The maximum Gasteiger partial charge on any atom is 0.270 e. The fourth-order valence-corrected chi connectivity index (χ4v) is 4.13. The highest BCUT2D eigenvalue weighted by Gasteiger charge is 2.26. The maximum absolute atomic E-state index is 13.7. The van der Waals surface area contributed by atoms with E-state index in [0.29, 0.717) is 29.4 Å². The number of nitrogens with one attached hydrogen (secondary N) is 1. The van der Waals surface area contributed by atoms with E-state index in [1.54, 1.807) is 0 Å². The van der Waals surface area contributed by atoms with Crippen molar-refractivity contribution in [2.75, 3.05) is 6.79 Å². The first-order chi connectivity index (χ1) is 16.2. The smallest absolute Gasteiger partial charge is 0.270 e. The van der Waals surface area contributed by atoms with Gasteiger partial charge in [-0.15, -0.1) is 0 Å². The van der Waals surface area contributed by atoms with E-state index in [9.17, 15) is 4.79 Å². The lowest BCUT2D eigenvalue weighted by Crippen LogP contribution is -2.29. The molecule has 5 rings (SSSR count). The van der Waals surface area contributed by atoms with Crippen LogP contribution in [0.25, 0.3) is 22.6 Å². The molecule has 6 nitrogen and oxygen atoms in total. The Morgan fingerprint density at radius 2 is 1.67 bits per heavy atom. The number of nitrogens with zero attached hydrogens (tertiary/aromatic N) is 2. The number of fused-ring (bicyclic) bond motifs is 1. The summed E-state index contributed by atoms with van der Waals surface area (Å²) in [5, 5.41) is 3.16. The third-order valence-corrected chi connectivity index (χ3v) is 5.82. The van der Waals surface area contributed by atoms with Crippen molar-refractivity contribution in [1.29, 1.82) is 0 Å². The molecule has 1 atom stereocenters. The second-order valence-electron chi connectivity index (χ2n) is 7.92. The SMILES string of the molecule is CCn1c(-c2ccccc2)nc(-c2ccc3c(c2)OCO3)c1C(=O)N[C@@H](C)c1ccccc1. The quantitative estimate of drug-likeness (QED) is 0.433. The summed E-state index contributed by atoms with van der Waals surface area (Å²) in [7, 11) is 0. The predicted molar refractivity (Wildman–Crippen MR) is 127 cm³/mol. The van der Waals surface area contributed by atoms with Crippen LogP contribution in [-0.2, 0) is 6.54 Å². The molecule has 0 bridgehead atoms. The molecule has 0 radical (unpaired) electrons.